The SMILES string of the molecule is Cl.N#Cc1ccc(C2CNCCO2)cc1. The molecule has 1 aliphatic heterocycles. The highest BCUT2D eigenvalue weighted by Gasteiger charge is 2.14. The summed E-state index contributed by atoms with van der Waals surface area (Å²) in [5.41, 5.74) is 1.83. The minimum Gasteiger partial charge on any atom is -0.371 e. The summed E-state index contributed by atoms with van der Waals surface area (Å²) in [6, 6.07) is 9.66. The Morgan fingerprint density at radius 3 is 2.60 bits per heavy atom. The van der Waals surface area contributed by atoms with Gasteiger partial charge in [-0.05, 0) is 17.7 Å². The first-order valence-electron chi connectivity index (χ1n) is 4.72. The predicted molar refractivity (Wildman–Crippen MR) is 60.0 cm³/mol. The molecule has 1 unspecified atom stereocenters. The van der Waals surface area contributed by atoms with Crippen molar-refractivity contribution in [1.82, 2.24) is 5.32 Å². The van der Waals surface area contributed by atoms with Crippen molar-refractivity contribution in [2.24, 2.45) is 0 Å². The topological polar surface area (TPSA) is 45.0 Å². The Balaban J connectivity index is 0.00000112. The van der Waals surface area contributed by atoms with Gasteiger partial charge < -0.3 is 10.1 Å². The predicted octanol–water partition coefficient (Wildman–Crippen LogP) is 1.64. The average Bonchev–Trinajstić information content (AvgIpc) is 2.30. The van der Waals surface area contributed by atoms with Crippen LogP contribution in [-0.4, -0.2) is 19.7 Å². The number of nitriles is 1. The van der Waals surface area contributed by atoms with Gasteiger partial charge in [-0.25, -0.2) is 0 Å². The van der Waals surface area contributed by atoms with Gasteiger partial charge >= 0.3 is 0 Å². The van der Waals surface area contributed by atoms with Crippen LogP contribution in [0.25, 0.3) is 0 Å². The van der Waals surface area contributed by atoms with Crippen LogP contribution in [-0.2, 0) is 4.74 Å². The number of benzene rings is 1. The van der Waals surface area contributed by atoms with Crippen molar-refractivity contribution in [3.63, 3.8) is 0 Å². The molecule has 80 valence electrons. The summed E-state index contributed by atoms with van der Waals surface area (Å²) >= 11 is 0. The quantitative estimate of drug-likeness (QED) is 0.789. The molecule has 2 rings (SSSR count). The highest BCUT2D eigenvalue weighted by Crippen LogP contribution is 2.18. The molecule has 1 aromatic carbocycles. The van der Waals surface area contributed by atoms with Gasteiger partial charge in [0, 0.05) is 13.1 Å². The van der Waals surface area contributed by atoms with Crippen LogP contribution in [0.5, 0.6) is 0 Å². The summed E-state index contributed by atoms with van der Waals surface area (Å²) in [7, 11) is 0. The highest BCUT2D eigenvalue weighted by molar-refractivity contribution is 5.85. The maximum atomic E-state index is 8.65. The molecule has 4 heteroatoms. The summed E-state index contributed by atoms with van der Waals surface area (Å²) in [5.74, 6) is 0. The Morgan fingerprint density at radius 1 is 1.33 bits per heavy atom. The molecule has 1 heterocycles. The third-order valence-electron chi connectivity index (χ3n) is 2.34. The normalized spacial score (nSPS) is 20.1. The van der Waals surface area contributed by atoms with E-state index in [0.29, 0.717) is 5.56 Å². The molecule has 0 bridgehead atoms. The van der Waals surface area contributed by atoms with Crippen LogP contribution in [0.4, 0.5) is 0 Å². The van der Waals surface area contributed by atoms with Crippen molar-refractivity contribution >= 4 is 12.4 Å². The minimum absolute atomic E-state index is 0. The van der Waals surface area contributed by atoms with E-state index in [1.807, 2.05) is 24.3 Å². The summed E-state index contributed by atoms with van der Waals surface area (Å²) in [6.45, 7) is 2.53. The molecule has 15 heavy (non-hydrogen) atoms. The monoisotopic (exact) mass is 224 g/mol. The van der Waals surface area contributed by atoms with Crippen molar-refractivity contribution < 1.29 is 4.74 Å². The number of rotatable bonds is 1. The van der Waals surface area contributed by atoms with Gasteiger partial charge in [0.05, 0.1) is 24.3 Å². The van der Waals surface area contributed by atoms with Crippen molar-refractivity contribution in [1.29, 1.82) is 5.26 Å². The van der Waals surface area contributed by atoms with Crippen LogP contribution >= 0.6 is 12.4 Å². The summed E-state index contributed by atoms with van der Waals surface area (Å²) in [6.07, 6.45) is 0.136. The molecule has 1 aromatic rings. The number of ether oxygens (including phenoxy) is 1. The fourth-order valence-corrected chi connectivity index (χ4v) is 1.55. The van der Waals surface area contributed by atoms with E-state index in [-0.39, 0.29) is 18.5 Å². The first kappa shape index (κ1) is 12.0. The van der Waals surface area contributed by atoms with Crippen molar-refractivity contribution in [2.45, 2.75) is 6.10 Å². The largest absolute Gasteiger partial charge is 0.371 e. The van der Waals surface area contributed by atoms with Crippen molar-refractivity contribution in [3.05, 3.63) is 35.4 Å². The summed E-state index contributed by atoms with van der Waals surface area (Å²) in [4.78, 5) is 0. The van der Waals surface area contributed by atoms with Gasteiger partial charge in [0.2, 0.25) is 0 Å². The zero-order valence-corrected chi connectivity index (χ0v) is 9.09. The third-order valence-corrected chi connectivity index (χ3v) is 2.34. The molecule has 1 saturated heterocycles. The second kappa shape index (κ2) is 5.72. The fraction of sp³-hybridized carbons (Fsp3) is 0.364. The summed E-state index contributed by atoms with van der Waals surface area (Å²) < 4.78 is 5.59. The lowest BCUT2D eigenvalue weighted by atomic mass is 10.1. The lowest BCUT2D eigenvalue weighted by molar-refractivity contribution is 0.0277. The zero-order valence-electron chi connectivity index (χ0n) is 8.27. The second-order valence-corrected chi connectivity index (χ2v) is 3.30. The van der Waals surface area contributed by atoms with Gasteiger partial charge in [0.1, 0.15) is 0 Å². The number of nitrogens with one attached hydrogen (secondary N) is 1. The summed E-state index contributed by atoms with van der Waals surface area (Å²) in [5, 5.41) is 11.9. The van der Waals surface area contributed by atoms with Gasteiger partial charge in [-0.3, -0.25) is 0 Å². The number of nitrogens with zero attached hydrogens (tertiary/aromatic N) is 1. The highest BCUT2D eigenvalue weighted by atomic mass is 35.5. The molecular formula is C11H13ClN2O. The molecule has 0 amide bonds. The number of hydrogen-bond acceptors (Lipinski definition) is 3. The smallest absolute Gasteiger partial charge is 0.0991 e. The van der Waals surface area contributed by atoms with Crippen molar-refractivity contribution in [3.8, 4) is 6.07 Å². The zero-order chi connectivity index (χ0) is 9.80. The van der Waals surface area contributed by atoms with E-state index in [4.69, 9.17) is 10.00 Å². The molecule has 3 nitrogen and oxygen atoms in total. The maximum absolute atomic E-state index is 8.65. The van der Waals surface area contributed by atoms with Gasteiger partial charge in [-0.15, -0.1) is 12.4 Å². The molecule has 0 spiro atoms. The first-order valence-corrected chi connectivity index (χ1v) is 4.72. The Labute approximate surface area is 95.5 Å². The maximum Gasteiger partial charge on any atom is 0.0991 e. The van der Waals surface area contributed by atoms with E-state index < -0.39 is 0 Å². The van der Waals surface area contributed by atoms with Crippen LogP contribution in [0.3, 0.4) is 0 Å². The molecule has 1 fully saturated rings. The molecule has 1 aliphatic rings. The molecule has 0 saturated carbocycles. The van der Waals surface area contributed by atoms with Gasteiger partial charge in [0.15, 0.2) is 0 Å². The molecule has 0 radical (unpaired) electrons. The number of halogens is 1. The van der Waals surface area contributed by atoms with Gasteiger partial charge in [-0.2, -0.15) is 5.26 Å². The van der Waals surface area contributed by atoms with Crippen LogP contribution < -0.4 is 5.32 Å². The third kappa shape index (κ3) is 2.93. The van der Waals surface area contributed by atoms with E-state index in [0.717, 1.165) is 25.3 Å². The molecule has 1 N–H and O–H groups in total. The Hall–Kier alpha value is -1.08. The van der Waals surface area contributed by atoms with Crippen LogP contribution in [0.15, 0.2) is 24.3 Å². The molecule has 1 atom stereocenters. The fourth-order valence-electron chi connectivity index (χ4n) is 1.55. The van der Waals surface area contributed by atoms with E-state index in [9.17, 15) is 0 Å². The van der Waals surface area contributed by atoms with Gasteiger partial charge in [-0.1, -0.05) is 12.1 Å². The Bertz CT molecular complexity index is 339. The molecular weight excluding hydrogens is 212 g/mol. The molecule has 0 aliphatic carbocycles. The van der Waals surface area contributed by atoms with E-state index in [1.54, 1.807) is 0 Å². The average molecular weight is 225 g/mol. The van der Waals surface area contributed by atoms with Crippen LogP contribution in [0.1, 0.15) is 17.2 Å². The van der Waals surface area contributed by atoms with Gasteiger partial charge in [0.25, 0.3) is 0 Å². The Kier molecular flexibility index (Phi) is 4.57. The second-order valence-electron chi connectivity index (χ2n) is 3.30. The van der Waals surface area contributed by atoms with Crippen LogP contribution in [0.2, 0.25) is 0 Å². The lowest BCUT2D eigenvalue weighted by Crippen LogP contribution is -2.33. The number of hydrogen-bond donors (Lipinski definition) is 1. The standard InChI is InChI=1S/C11H12N2O.ClH/c12-7-9-1-3-10(4-2-9)11-8-13-5-6-14-11;/h1-4,11,13H,5-6,8H2;1H. The molecule has 0 aromatic heterocycles. The van der Waals surface area contributed by atoms with E-state index in [1.165, 1.54) is 0 Å². The number of morpholine rings is 1. The Morgan fingerprint density at radius 2 is 2.07 bits per heavy atom. The minimum atomic E-state index is 0. The first-order chi connectivity index (χ1) is 6.90. The van der Waals surface area contributed by atoms with Crippen LogP contribution in [0, 0.1) is 11.3 Å². The van der Waals surface area contributed by atoms with E-state index >= 15 is 0 Å². The lowest BCUT2D eigenvalue weighted by Gasteiger charge is -2.23. The van der Waals surface area contributed by atoms with Crippen molar-refractivity contribution in [2.75, 3.05) is 19.7 Å². The van der Waals surface area contributed by atoms with E-state index in [2.05, 4.69) is 11.4 Å².